The molecule has 3 rings (SSSR count). The zero-order chi connectivity index (χ0) is 24.2. The van der Waals surface area contributed by atoms with E-state index in [-0.39, 0.29) is 23.0 Å². The molecule has 3 heterocycles. The highest BCUT2D eigenvalue weighted by atomic mass is 32.2. The molecule has 1 saturated heterocycles. The summed E-state index contributed by atoms with van der Waals surface area (Å²) in [5, 5.41) is 0. The molecule has 3 atom stereocenters. The molecule has 7 nitrogen and oxygen atoms in total. The maximum absolute atomic E-state index is 13.4. The Labute approximate surface area is 202 Å². The van der Waals surface area contributed by atoms with Crippen LogP contribution < -0.4 is 4.31 Å². The number of unbranched alkanes of at least 4 members (excludes halogenated alkanes) is 1. The van der Waals surface area contributed by atoms with Gasteiger partial charge in [0.15, 0.2) is 5.82 Å². The average molecular weight is 480 g/mol. The van der Waals surface area contributed by atoms with E-state index in [1.807, 2.05) is 47.6 Å². The van der Waals surface area contributed by atoms with Gasteiger partial charge in [0.05, 0.1) is 30.1 Å². The summed E-state index contributed by atoms with van der Waals surface area (Å²) in [5.41, 5.74) is 0.709. The summed E-state index contributed by atoms with van der Waals surface area (Å²) >= 11 is -1.15. The van der Waals surface area contributed by atoms with Crippen LogP contribution in [0.25, 0.3) is 0 Å². The molecule has 0 spiro atoms. The van der Waals surface area contributed by atoms with Gasteiger partial charge in [-0.3, -0.25) is 0 Å². The van der Waals surface area contributed by atoms with Gasteiger partial charge in [-0.05, 0) is 91.7 Å². The van der Waals surface area contributed by atoms with Crippen LogP contribution >= 0.6 is 0 Å². The van der Waals surface area contributed by atoms with Crippen LogP contribution in [0.3, 0.4) is 0 Å². The van der Waals surface area contributed by atoms with Crippen molar-refractivity contribution in [2.45, 2.75) is 103 Å². The highest BCUT2D eigenvalue weighted by molar-refractivity contribution is 7.94. The fourth-order valence-corrected chi connectivity index (χ4v) is 5.69. The Bertz CT molecular complexity index is 793. The number of hydrogen-bond donors (Lipinski definition) is 0. The van der Waals surface area contributed by atoms with E-state index in [9.17, 15) is 9.35 Å². The van der Waals surface area contributed by atoms with Crippen molar-refractivity contribution in [2.75, 3.05) is 24.0 Å². The molecule has 0 bridgehead atoms. The second kappa shape index (κ2) is 10.8. The van der Waals surface area contributed by atoms with E-state index in [2.05, 4.69) is 15.4 Å². The maximum Gasteiger partial charge on any atom is 0.410 e. The fraction of sp³-hybridized carbons (Fsp3) is 0.760. The molecule has 1 unspecified atom stereocenters. The summed E-state index contributed by atoms with van der Waals surface area (Å²) in [5.74, 6) is 0.881. The molecule has 8 heteroatoms. The summed E-state index contributed by atoms with van der Waals surface area (Å²) < 4.78 is 26.6. The first-order chi connectivity index (χ1) is 15.5. The number of rotatable bonds is 7. The standard InChI is InChI=1S/C25H41N3O4S/c1-24(2,3)32-23(29)27-16-14-21(18-27)31-17-8-7-11-20-13-12-19-10-9-15-26-22(19)28(20)33(30)25(4,5)6/h9-10,15,20-21H,7-8,11-14,16-18H2,1-6H3/t20?,21-,33-/m1/s1. The highest BCUT2D eigenvalue weighted by Gasteiger charge is 2.41. The smallest absolute Gasteiger partial charge is 0.410 e. The Hall–Kier alpha value is -1.51. The van der Waals surface area contributed by atoms with Crippen molar-refractivity contribution < 1.29 is 18.8 Å². The molecule has 0 aliphatic carbocycles. The van der Waals surface area contributed by atoms with Crippen molar-refractivity contribution in [3.63, 3.8) is 0 Å². The number of pyridine rings is 1. The first-order valence-corrected chi connectivity index (χ1v) is 13.3. The van der Waals surface area contributed by atoms with Crippen molar-refractivity contribution in [3.8, 4) is 0 Å². The molecule has 0 radical (unpaired) electrons. The normalized spacial score (nSPS) is 22.3. The largest absolute Gasteiger partial charge is 0.592 e. The van der Waals surface area contributed by atoms with Gasteiger partial charge < -0.3 is 18.9 Å². The summed E-state index contributed by atoms with van der Waals surface area (Å²) in [6.07, 6.45) is 7.36. The first kappa shape index (κ1) is 26.1. The summed E-state index contributed by atoms with van der Waals surface area (Å²) in [6, 6.07) is 4.28. The van der Waals surface area contributed by atoms with E-state index in [4.69, 9.17) is 9.47 Å². The lowest BCUT2D eigenvalue weighted by molar-refractivity contribution is 0.0206. The van der Waals surface area contributed by atoms with Gasteiger partial charge >= 0.3 is 6.09 Å². The number of hydrogen-bond acceptors (Lipinski definition) is 6. The molecular weight excluding hydrogens is 438 g/mol. The van der Waals surface area contributed by atoms with E-state index in [1.165, 1.54) is 5.56 Å². The van der Waals surface area contributed by atoms with E-state index < -0.39 is 17.0 Å². The molecule has 186 valence electrons. The number of anilines is 1. The minimum absolute atomic E-state index is 0.0770. The third-order valence-electron chi connectivity index (χ3n) is 5.94. The van der Waals surface area contributed by atoms with E-state index >= 15 is 0 Å². The predicted octanol–water partition coefficient (Wildman–Crippen LogP) is 4.86. The number of carbonyl (C=O) groups excluding carboxylic acids is 1. The number of carbonyl (C=O) groups is 1. The molecule has 0 saturated carbocycles. The fourth-order valence-electron chi connectivity index (χ4n) is 4.30. The summed E-state index contributed by atoms with van der Waals surface area (Å²) in [7, 11) is 0. The zero-order valence-corrected chi connectivity index (χ0v) is 22.0. The van der Waals surface area contributed by atoms with Gasteiger partial charge in [0.2, 0.25) is 0 Å². The molecule has 0 aromatic carbocycles. The SMILES string of the molecule is CC(C)(C)OC(=O)N1CC[C@@H](OCCCCC2CCc3cccnc3N2[S@+]([O-])C(C)(C)C)C1. The van der Waals surface area contributed by atoms with Crippen LogP contribution in [0.5, 0.6) is 0 Å². The number of nitrogens with zero attached hydrogens (tertiary/aromatic N) is 3. The van der Waals surface area contributed by atoms with Crippen molar-refractivity contribution in [1.82, 2.24) is 9.88 Å². The molecule has 33 heavy (non-hydrogen) atoms. The van der Waals surface area contributed by atoms with Gasteiger partial charge in [0.1, 0.15) is 10.3 Å². The molecule has 2 aliphatic rings. The van der Waals surface area contributed by atoms with Crippen molar-refractivity contribution >= 4 is 23.3 Å². The molecule has 1 aromatic heterocycles. The zero-order valence-electron chi connectivity index (χ0n) is 21.1. The van der Waals surface area contributed by atoms with Crippen molar-refractivity contribution in [1.29, 1.82) is 0 Å². The van der Waals surface area contributed by atoms with Crippen LogP contribution in [0, 0.1) is 0 Å². The Balaban J connectivity index is 1.45. The number of likely N-dealkylation sites (tertiary alicyclic amines) is 1. The van der Waals surface area contributed by atoms with Crippen molar-refractivity contribution in [3.05, 3.63) is 23.9 Å². The van der Waals surface area contributed by atoms with Crippen LogP contribution in [0.4, 0.5) is 10.6 Å². The van der Waals surface area contributed by atoms with Gasteiger partial charge in [-0.2, -0.15) is 4.31 Å². The molecule has 2 aliphatic heterocycles. The van der Waals surface area contributed by atoms with E-state index in [1.54, 1.807) is 11.1 Å². The monoisotopic (exact) mass is 479 g/mol. The van der Waals surface area contributed by atoms with Gasteiger partial charge in [-0.15, -0.1) is 0 Å². The first-order valence-electron chi connectivity index (χ1n) is 12.2. The average Bonchev–Trinajstić information content (AvgIpc) is 3.20. The van der Waals surface area contributed by atoms with E-state index in [0.29, 0.717) is 19.7 Å². The van der Waals surface area contributed by atoms with Gasteiger partial charge in [0, 0.05) is 19.3 Å². The highest BCUT2D eigenvalue weighted by Crippen LogP contribution is 2.36. The molecule has 1 fully saturated rings. The van der Waals surface area contributed by atoms with Crippen LogP contribution in [0.15, 0.2) is 18.3 Å². The Morgan fingerprint density at radius 3 is 2.67 bits per heavy atom. The summed E-state index contributed by atoms with van der Waals surface area (Å²) in [4.78, 5) is 18.5. The minimum atomic E-state index is -1.15. The molecule has 1 amide bonds. The van der Waals surface area contributed by atoms with Gasteiger partial charge in [-0.1, -0.05) is 6.07 Å². The third kappa shape index (κ3) is 7.23. The lowest BCUT2D eigenvalue weighted by atomic mass is 9.97. The number of fused-ring (bicyclic) bond motifs is 1. The van der Waals surface area contributed by atoms with Gasteiger partial charge in [0.25, 0.3) is 0 Å². The summed E-state index contributed by atoms with van der Waals surface area (Å²) in [6.45, 7) is 13.7. The number of amides is 1. The Morgan fingerprint density at radius 2 is 1.97 bits per heavy atom. The van der Waals surface area contributed by atoms with Crippen LogP contribution in [0.2, 0.25) is 0 Å². The minimum Gasteiger partial charge on any atom is -0.592 e. The molecule has 0 N–H and O–H groups in total. The van der Waals surface area contributed by atoms with Crippen molar-refractivity contribution in [2.24, 2.45) is 0 Å². The Kier molecular flexibility index (Phi) is 8.56. The second-order valence-electron chi connectivity index (χ2n) is 11.1. The maximum atomic E-state index is 13.4. The van der Waals surface area contributed by atoms with Crippen LogP contribution in [0.1, 0.15) is 79.2 Å². The number of aryl methyl sites for hydroxylation is 1. The topological polar surface area (TPSA) is 78.0 Å². The molecule has 1 aromatic rings. The van der Waals surface area contributed by atoms with E-state index in [0.717, 1.165) is 44.3 Å². The van der Waals surface area contributed by atoms with Crippen LogP contribution in [-0.2, 0) is 27.3 Å². The van der Waals surface area contributed by atoms with Crippen LogP contribution in [-0.4, -0.2) is 62.7 Å². The lowest BCUT2D eigenvalue weighted by Gasteiger charge is -2.41. The van der Waals surface area contributed by atoms with Gasteiger partial charge in [-0.25, -0.2) is 9.78 Å². The number of aromatic nitrogens is 1. The number of ether oxygens (including phenoxy) is 2. The quantitative estimate of drug-likeness (QED) is 0.410. The predicted molar refractivity (Wildman–Crippen MR) is 133 cm³/mol. The molecular formula is C25H41N3O4S. The lowest BCUT2D eigenvalue weighted by Crippen LogP contribution is -2.51. The Morgan fingerprint density at radius 1 is 1.21 bits per heavy atom. The third-order valence-corrected chi connectivity index (χ3v) is 7.82. The second-order valence-corrected chi connectivity index (χ2v) is 13.2.